The Morgan fingerprint density at radius 2 is 2.06 bits per heavy atom. The van der Waals surface area contributed by atoms with Gasteiger partial charge in [-0.1, -0.05) is 17.7 Å². The van der Waals surface area contributed by atoms with Gasteiger partial charge < -0.3 is 0 Å². The van der Waals surface area contributed by atoms with Crippen molar-refractivity contribution in [2.75, 3.05) is 0 Å². The second-order valence-electron chi connectivity index (χ2n) is 3.57. The lowest BCUT2D eigenvalue weighted by Gasteiger charge is -2.05. The number of rotatable bonds is 1. The fourth-order valence-electron chi connectivity index (χ4n) is 1.64. The highest BCUT2D eigenvalue weighted by Gasteiger charge is 2.15. The van der Waals surface area contributed by atoms with Crippen LogP contribution in [0.25, 0.3) is 21.6 Å². The van der Waals surface area contributed by atoms with Crippen LogP contribution in [0.2, 0.25) is 5.15 Å². The second-order valence-corrected chi connectivity index (χ2v) is 5.68. The average molecular weight is 344 g/mol. The highest BCUT2D eigenvalue weighted by molar-refractivity contribution is 9.10. The summed E-state index contributed by atoms with van der Waals surface area (Å²) in [6.07, 6.45) is 0. The van der Waals surface area contributed by atoms with Gasteiger partial charge in [-0.05, 0) is 39.5 Å². The van der Waals surface area contributed by atoms with Crippen molar-refractivity contribution < 1.29 is 4.39 Å². The van der Waals surface area contributed by atoms with Crippen molar-refractivity contribution in [2.45, 2.75) is 0 Å². The van der Waals surface area contributed by atoms with Crippen molar-refractivity contribution in [3.05, 3.63) is 45.1 Å². The van der Waals surface area contributed by atoms with Crippen LogP contribution in [0, 0.1) is 5.82 Å². The summed E-state index contributed by atoms with van der Waals surface area (Å²) in [5, 5.41) is 3.01. The molecule has 2 aromatic heterocycles. The molecule has 0 fully saturated rings. The van der Waals surface area contributed by atoms with Gasteiger partial charge in [-0.25, -0.2) is 14.4 Å². The van der Waals surface area contributed by atoms with Gasteiger partial charge in [0.25, 0.3) is 0 Å². The van der Waals surface area contributed by atoms with E-state index in [1.807, 2.05) is 11.4 Å². The molecule has 0 aliphatic carbocycles. The van der Waals surface area contributed by atoms with Gasteiger partial charge in [-0.15, -0.1) is 11.3 Å². The van der Waals surface area contributed by atoms with Gasteiger partial charge in [0.2, 0.25) is 0 Å². The van der Waals surface area contributed by atoms with Crippen LogP contribution < -0.4 is 0 Å². The summed E-state index contributed by atoms with van der Waals surface area (Å²) in [5.41, 5.74) is 0.328. The van der Waals surface area contributed by atoms with Crippen LogP contribution in [0.15, 0.2) is 34.1 Å². The van der Waals surface area contributed by atoms with Crippen molar-refractivity contribution in [3.63, 3.8) is 0 Å². The number of hydrogen-bond donors (Lipinski definition) is 0. The molecular formula is C12H5BrClFN2S. The van der Waals surface area contributed by atoms with Gasteiger partial charge in [0.15, 0.2) is 5.82 Å². The Labute approximate surface area is 120 Å². The molecule has 0 amide bonds. The highest BCUT2D eigenvalue weighted by Crippen LogP contribution is 2.32. The molecule has 2 heterocycles. The normalized spacial score (nSPS) is 11.1. The number of benzene rings is 1. The first-order valence-electron chi connectivity index (χ1n) is 5.02. The topological polar surface area (TPSA) is 25.8 Å². The maximum absolute atomic E-state index is 13.8. The number of halogens is 3. The molecule has 6 heteroatoms. The fraction of sp³-hybridized carbons (Fsp3) is 0. The summed E-state index contributed by atoms with van der Waals surface area (Å²) in [7, 11) is 0. The van der Waals surface area contributed by atoms with Crippen LogP contribution in [-0.2, 0) is 0 Å². The maximum Gasteiger partial charge on any atom is 0.166 e. The minimum absolute atomic E-state index is 0.292. The fourth-order valence-corrected chi connectivity index (χ4v) is 3.21. The van der Waals surface area contributed by atoms with Crippen LogP contribution in [0.4, 0.5) is 4.39 Å². The second kappa shape index (κ2) is 4.57. The van der Waals surface area contributed by atoms with E-state index in [2.05, 4.69) is 25.9 Å². The zero-order valence-electron chi connectivity index (χ0n) is 8.82. The Morgan fingerprint density at radius 3 is 2.83 bits per heavy atom. The maximum atomic E-state index is 13.8. The molecule has 0 atom stereocenters. The Kier molecular flexibility index (Phi) is 3.05. The first kappa shape index (κ1) is 12.0. The van der Waals surface area contributed by atoms with Crippen LogP contribution in [-0.4, -0.2) is 9.97 Å². The minimum atomic E-state index is -0.378. The monoisotopic (exact) mass is 342 g/mol. The molecule has 0 bridgehead atoms. The summed E-state index contributed by atoms with van der Waals surface area (Å²) in [5.74, 6) is -0.0868. The first-order chi connectivity index (χ1) is 8.66. The first-order valence-corrected chi connectivity index (χ1v) is 7.07. The molecule has 18 heavy (non-hydrogen) atoms. The molecular weight excluding hydrogens is 339 g/mol. The molecule has 0 unspecified atom stereocenters. The smallest absolute Gasteiger partial charge is 0.166 e. The summed E-state index contributed by atoms with van der Waals surface area (Å²) >= 11 is 10.8. The predicted octanol–water partition coefficient (Wildman–Crippen LogP) is 4.91. The van der Waals surface area contributed by atoms with Crippen molar-refractivity contribution in [2.24, 2.45) is 0 Å². The largest absolute Gasteiger partial charge is 0.217 e. The SMILES string of the molecule is Fc1cccc(Br)c1-c1nc(Cl)c2ccsc2n1. The third-order valence-electron chi connectivity index (χ3n) is 2.46. The molecule has 1 aromatic carbocycles. The van der Waals surface area contributed by atoms with Crippen molar-refractivity contribution >= 4 is 49.1 Å². The van der Waals surface area contributed by atoms with Gasteiger partial charge in [0, 0.05) is 9.86 Å². The van der Waals surface area contributed by atoms with Gasteiger partial charge in [0.1, 0.15) is 15.8 Å². The zero-order valence-corrected chi connectivity index (χ0v) is 12.0. The Hall–Kier alpha value is -1.04. The van der Waals surface area contributed by atoms with Crippen molar-refractivity contribution in [1.82, 2.24) is 9.97 Å². The van der Waals surface area contributed by atoms with Crippen LogP contribution >= 0.6 is 38.9 Å². The van der Waals surface area contributed by atoms with Crippen LogP contribution in [0.3, 0.4) is 0 Å². The van der Waals surface area contributed by atoms with E-state index in [0.29, 0.717) is 21.0 Å². The number of aromatic nitrogens is 2. The number of nitrogens with zero attached hydrogens (tertiary/aromatic N) is 2. The molecule has 0 spiro atoms. The van der Waals surface area contributed by atoms with Crippen LogP contribution in [0.1, 0.15) is 0 Å². The lowest BCUT2D eigenvalue weighted by Crippen LogP contribution is -1.93. The molecule has 0 saturated carbocycles. The quantitative estimate of drug-likeness (QED) is 0.587. The lowest BCUT2D eigenvalue weighted by atomic mass is 10.2. The Bertz CT molecular complexity index is 724. The Balaban J connectivity index is 2.31. The molecule has 0 aliphatic heterocycles. The summed E-state index contributed by atoms with van der Waals surface area (Å²) in [4.78, 5) is 9.25. The van der Waals surface area contributed by atoms with Gasteiger partial charge in [-0.3, -0.25) is 0 Å². The van der Waals surface area contributed by atoms with Gasteiger partial charge >= 0.3 is 0 Å². The van der Waals surface area contributed by atoms with E-state index in [1.165, 1.54) is 17.4 Å². The van der Waals surface area contributed by atoms with E-state index in [-0.39, 0.29) is 5.82 Å². The minimum Gasteiger partial charge on any atom is -0.217 e. The number of hydrogen-bond acceptors (Lipinski definition) is 3. The lowest BCUT2D eigenvalue weighted by molar-refractivity contribution is 0.629. The predicted molar refractivity (Wildman–Crippen MR) is 75.5 cm³/mol. The van der Waals surface area contributed by atoms with E-state index >= 15 is 0 Å². The zero-order chi connectivity index (χ0) is 12.7. The third kappa shape index (κ3) is 1.92. The number of fused-ring (bicyclic) bond motifs is 1. The molecule has 2 nitrogen and oxygen atoms in total. The van der Waals surface area contributed by atoms with E-state index in [1.54, 1.807) is 12.1 Å². The molecule has 90 valence electrons. The molecule has 0 saturated heterocycles. The standard InChI is InChI=1S/C12H5BrClFN2S/c13-7-2-1-3-8(15)9(7)11-16-10(14)6-4-5-18-12(6)17-11/h1-5H. The number of thiophene rings is 1. The molecule has 3 aromatic rings. The highest BCUT2D eigenvalue weighted by atomic mass is 79.9. The molecule has 0 radical (unpaired) electrons. The molecule has 0 aliphatic rings. The molecule has 0 N–H and O–H groups in total. The Morgan fingerprint density at radius 1 is 1.22 bits per heavy atom. The van der Waals surface area contributed by atoms with Crippen molar-refractivity contribution in [3.8, 4) is 11.4 Å². The third-order valence-corrected chi connectivity index (χ3v) is 4.22. The average Bonchev–Trinajstić information content (AvgIpc) is 2.77. The van der Waals surface area contributed by atoms with E-state index in [0.717, 1.165) is 10.2 Å². The summed E-state index contributed by atoms with van der Waals surface area (Å²) < 4.78 is 14.5. The van der Waals surface area contributed by atoms with E-state index in [4.69, 9.17) is 11.6 Å². The van der Waals surface area contributed by atoms with Crippen molar-refractivity contribution in [1.29, 1.82) is 0 Å². The van der Waals surface area contributed by atoms with Gasteiger partial charge in [-0.2, -0.15) is 0 Å². The van der Waals surface area contributed by atoms with Gasteiger partial charge in [0.05, 0.1) is 5.56 Å². The van der Waals surface area contributed by atoms with E-state index in [9.17, 15) is 4.39 Å². The summed E-state index contributed by atoms with van der Waals surface area (Å²) in [6.45, 7) is 0. The molecule has 3 rings (SSSR count). The van der Waals surface area contributed by atoms with Crippen LogP contribution in [0.5, 0.6) is 0 Å². The summed E-state index contributed by atoms with van der Waals surface area (Å²) in [6, 6.07) is 6.58. The van der Waals surface area contributed by atoms with E-state index < -0.39 is 0 Å².